The molecule has 0 spiro atoms. The predicted octanol–water partition coefficient (Wildman–Crippen LogP) is 3.49. The molecule has 1 rings (SSSR count). The third-order valence-corrected chi connectivity index (χ3v) is 3.75. The number of benzene rings is 1. The van der Waals surface area contributed by atoms with Gasteiger partial charge in [-0.05, 0) is 62.4 Å². The fourth-order valence-corrected chi connectivity index (χ4v) is 2.46. The zero-order valence-electron chi connectivity index (χ0n) is 12.6. The lowest BCUT2D eigenvalue weighted by atomic mass is 9.94. The van der Waals surface area contributed by atoms with Crippen molar-refractivity contribution in [3.05, 3.63) is 28.8 Å². The fourth-order valence-electron chi connectivity index (χ4n) is 2.46. The van der Waals surface area contributed by atoms with E-state index in [9.17, 15) is 0 Å². The van der Waals surface area contributed by atoms with Gasteiger partial charge in [-0.15, -0.1) is 0 Å². The second-order valence-electron chi connectivity index (χ2n) is 5.43. The van der Waals surface area contributed by atoms with E-state index in [4.69, 9.17) is 4.74 Å². The fraction of sp³-hybridized carbons (Fsp3) is 0.625. The average Bonchev–Trinajstić information content (AvgIpc) is 2.33. The second kappa shape index (κ2) is 6.79. The Hall–Kier alpha value is -1.02. The molecule has 1 aromatic rings. The van der Waals surface area contributed by atoms with Crippen LogP contribution in [-0.2, 0) is 6.42 Å². The average molecular weight is 249 g/mol. The van der Waals surface area contributed by atoms with Crippen molar-refractivity contribution in [1.82, 2.24) is 5.32 Å². The van der Waals surface area contributed by atoms with Crippen LogP contribution in [0.15, 0.2) is 12.1 Å². The van der Waals surface area contributed by atoms with E-state index in [-0.39, 0.29) is 0 Å². The van der Waals surface area contributed by atoms with Crippen LogP contribution in [0.25, 0.3) is 0 Å². The van der Waals surface area contributed by atoms with E-state index in [0.717, 1.165) is 12.2 Å². The van der Waals surface area contributed by atoms with Crippen molar-refractivity contribution >= 4 is 0 Å². The summed E-state index contributed by atoms with van der Waals surface area (Å²) in [5.41, 5.74) is 3.99. The molecule has 1 atom stereocenters. The molecule has 1 unspecified atom stereocenters. The third-order valence-electron chi connectivity index (χ3n) is 3.75. The van der Waals surface area contributed by atoms with Crippen molar-refractivity contribution in [1.29, 1.82) is 0 Å². The van der Waals surface area contributed by atoms with Crippen molar-refractivity contribution in [3.8, 4) is 5.75 Å². The summed E-state index contributed by atoms with van der Waals surface area (Å²) in [5.74, 6) is 1.67. The van der Waals surface area contributed by atoms with Crippen LogP contribution in [0.5, 0.6) is 5.75 Å². The van der Waals surface area contributed by atoms with Gasteiger partial charge >= 0.3 is 0 Å². The summed E-state index contributed by atoms with van der Waals surface area (Å²) in [5, 5.41) is 3.40. The molecule has 0 amide bonds. The highest BCUT2D eigenvalue weighted by Crippen LogP contribution is 2.24. The summed E-state index contributed by atoms with van der Waals surface area (Å²) in [6.07, 6.45) is 2.31. The maximum atomic E-state index is 5.35. The molecule has 2 heteroatoms. The van der Waals surface area contributed by atoms with E-state index in [1.165, 1.54) is 23.1 Å². The van der Waals surface area contributed by atoms with Gasteiger partial charge in [0.2, 0.25) is 0 Å². The molecule has 0 saturated heterocycles. The van der Waals surface area contributed by atoms with Gasteiger partial charge in [-0.25, -0.2) is 0 Å². The molecule has 0 radical (unpaired) electrons. The Bertz CT molecular complexity index is 385. The van der Waals surface area contributed by atoms with Gasteiger partial charge in [0.1, 0.15) is 5.75 Å². The molecule has 18 heavy (non-hydrogen) atoms. The number of hydrogen-bond acceptors (Lipinski definition) is 2. The second-order valence-corrected chi connectivity index (χ2v) is 5.43. The molecule has 1 aromatic carbocycles. The van der Waals surface area contributed by atoms with Crippen LogP contribution in [-0.4, -0.2) is 20.2 Å². The van der Waals surface area contributed by atoms with Gasteiger partial charge in [0.25, 0.3) is 0 Å². The lowest BCUT2D eigenvalue weighted by Crippen LogP contribution is -2.31. The molecule has 2 nitrogen and oxygen atoms in total. The standard InChI is InChI=1S/C16H27NO/c1-11(2)15(17-5)8-7-14-9-13(4)16(18-6)10-12(14)3/h9-11,15,17H,7-8H2,1-6H3. The van der Waals surface area contributed by atoms with Crippen molar-refractivity contribution in [3.63, 3.8) is 0 Å². The molecule has 1 N–H and O–H groups in total. The van der Waals surface area contributed by atoms with Gasteiger partial charge in [0.05, 0.1) is 7.11 Å². The van der Waals surface area contributed by atoms with Gasteiger partial charge in [0.15, 0.2) is 0 Å². The number of hydrogen-bond donors (Lipinski definition) is 1. The minimum atomic E-state index is 0.590. The summed E-state index contributed by atoms with van der Waals surface area (Å²) in [6.45, 7) is 8.82. The molecular weight excluding hydrogens is 222 g/mol. The third kappa shape index (κ3) is 3.74. The number of rotatable bonds is 6. The van der Waals surface area contributed by atoms with Crippen LogP contribution in [0, 0.1) is 19.8 Å². The lowest BCUT2D eigenvalue weighted by molar-refractivity contribution is 0.401. The van der Waals surface area contributed by atoms with Crippen LogP contribution in [0.3, 0.4) is 0 Å². The van der Waals surface area contributed by atoms with Crippen molar-refractivity contribution in [2.75, 3.05) is 14.2 Å². The highest BCUT2D eigenvalue weighted by atomic mass is 16.5. The number of aryl methyl sites for hydroxylation is 3. The highest BCUT2D eigenvalue weighted by Gasteiger charge is 2.12. The van der Waals surface area contributed by atoms with E-state index < -0.39 is 0 Å². The lowest BCUT2D eigenvalue weighted by Gasteiger charge is -2.21. The molecule has 102 valence electrons. The topological polar surface area (TPSA) is 21.3 Å². The Morgan fingerprint density at radius 2 is 1.83 bits per heavy atom. The van der Waals surface area contributed by atoms with E-state index in [1.807, 2.05) is 0 Å². The van der Waals surface area contributed by atoms with Crippen molar-refractivity contribution in [2.45, 2.75) is 46.6 Å². The van der Waals surface area contributed by atoms with Gasteiger partial charge in [-0.2, -0.15) is 0 Å². The highest BCUT2D eigenvalue weighted by molar-refractivity contribution is 5.41. The summed E-state index contributed by atoms with van der Waals surface area (Å²) in [7, 11) is 3.79. The molecule has 0 bridgehead atoms. The zero-order chi connectivity index (χ0) is 13.7. The normalized spacial score (nSPS) is 12.8. The van der Waals surface area contributed by atoms with Crippen LogP contribution >= 0.6 is 0 Å². The van der Waals surface area contributed by atoms with Crippen LogP contribution in [0.2, 0.25) is 0 Å². The molecule has 0 aromatic heterocycles. The molecule has 0 heterocycles. The van der Waals surface area contributed by atoms with E-state index in [2.05, 4.69) is 52.2 Å². The molecule has 0 aliphatic heterocycles. The summed E-state index contributed by atoms with van der Waals surface area (Å²) < 4.78 is 5.35. The monoisotopic (exact) mass is 249 g/mol. The Balaban J connectivity index is 2.76. The van der Waals surface area contributed by atoms with Crippen molar-refractivity contribution < 1.29 is 4.74 Å². The molecular formula is C16H27NO. The first-order valence-electron chi connectivity index (χ1n) is 6.81. The Morgan fingerprint density at radius 3 is 2.33 bits per heavy atom. The van der Waals surface area contributed by atoms with E-state index >= 15 is 0 Å². The Labute approximate surface area is 112 Å². The first kappa shape index (κ1) is 15.0. The molecule has 0 fully saturated rings. The van der Waals surface area contributed by atoms with Gasteiger partial charge < -0.3 is 10.1 Å². The van der Waals surface area contributed by atoms with Gasteiger partial charge in [-0.3, -0.25) is 0 Å². The SMILES string of the molecule is CNC(CCc1cc(C)c(OC)cc1C)C(C)C. The summed E-state index contributed by atoms with van der Waals surface area (Å²) in [6, 6.07) is 5.00. The maximum absolute atomic E-state index is 5.35. The number of methoxy groups -OCH3 is 1. The van der Waals surface area contributed by atoms with Gasteiger partial charge in [-0.1, -0.05) is 19.9 Å². The quantitative estimate of drug-likeness (QED) is 0.833. The van der Waals surface area contributed by atoms with Gasteiger partial charge in [0, 0.05) is 6.04 Å². The zero-order valence-corrected chi connectivity index (χ0v) is 12.6. The largest absolute Gasteiger partial charge is 0.496 e. The summed E-state index contributed by atoms with van der Waals surface area (Å²) in [4.78, 5) is 0. The van der Waals surface area contributed by atoms with Crippen LogP contribution < -0.4 is 10.1 Å². The molecule has 0 saturated carbocycles. The first-order chi connectivity index (χ1) is 8.49. The van der Waals surface area contributed by atoms with Crippen LogP contribution in [0.4, 0.5) is 0 Å². The smallest absolute Gasteiger partial charge is 0.122 e. The molecule has 0 aliphatic rings. The Kier molecular flexibility index (Phi) is 5.67. The van der Waals surface area contributed by atoms with Crippen LogP contribution in [0.1, 0.15) is 37.0 Å². The minimum absolute atomic E-state index is 0.590. The van der Waals surface area contributed by atoms with Crippen molar-refractivity contribution in [2.24, 2.45) is 5.92 Å². The Morgan fingerprint density at radius 1 is 1.17 bits per heavy atom. The summed E-state index contributed by atoms with van der Waals surface area (Å²) >= 11 is 0. The minimum Gasteiger partial charge on any atom is -0.496 e. The predicted molar refractivity (Wildman–Crippen MR) is 78.5 cm³/mol. The number of nitrogens with one attached hydrogen (secondary N) is 1. The number of ether oxygens (including phenoxy) is 1. The van der Waals surface area contributed by atoms with E-state index in [0.29, 0.717) is 12.0 Å². The first-order valence-corrected chi connectivity index (χ1v) is 6.81. The maximum Gasteiger partial charge on any atom is 0.122 e. The molecule has 0 aliphatic carbocycles. The van der Waals surface area contributed by atoms with E-state index in [1.54, 1.807) is 7.11 Å².